The summed E-state index contributed by atoms with van der Waals surface area (Å²) >= 11 is 0. The third kappa shape index (κ3) is 31.0. The number of fused-ring (bicyclic) bond motifs is 6. The van der Waals surface area contributed by atoms with Crippen molar-refractivity contribution in [2.75, 3.05) is 26.3 Å². The van der Waals surface area contributed by atoms with Crippen molar-refractivity contribution in [3.8, 4) is 0 Å². The van der Waals surface area contributed by atoms with E-state index >= 15 is 0 Å². The van der Waals surface area contributed by atoms with E-state index in [0.717, 1.165) is 128 Å². The summed E-state index contributed by atoms with van der Waals surface area (Å²) in [5.41, 5.74) is 0. The number of piperidine rings is 3. The zero-order valence-electron chi connectivity index (χ0n) is 51.2. The number of ether oxygens (including phenoxy) is 1. The Hall–Kier alpha value is -0.490. The fourth-order valence-corrected chi connectivity index (χ4v) is 15.8. The van der Waals surface area contributed by atoms with E-state index < -0.39 is 0 Å². The van der Waals surface area contributed by atoms with Gasteiger partial charge in [-0.3, -0.25) is 4.79 Å². The molecule has 5 heterocycles. The molecule has 0 aromatic rings. The zero-order chi connectivity index (χ0) is 52.8. The number of hydrogen-bond acceptors (Lipinski definition) is 5. The summed E-state index contributed by atoms with van der Waals surface area (Å²) in [6.07, 6.45) is 49.7. The highest BCUT2D eigenvalue weighted by Gasteiger charge is 2.32. The number of ketones is 1. The van der Waals surface area contributed by atoms with Gasteiger partial charge in [0.1, 0.15) is 5.78 Å². The summed E-state index contributed by atoms with van der Waals surface area (Å²) < 4.78 is 5.48. The van der Waals surface area contributed by atoms with Crippen molar-refractivity contribution in [1.82, 2.24) is 16.0 Å². The van der Waals surface area contributed by atoms with Crippen molar-refractivity contribution < 1.29 is 9.53 Å². The average Bonchev–Trinajstić information content (AvgIpc) is 4.03. The molecule has 3 N–H and O–H groups in total. The molecule has 12 rings (SSSR count). The summed E-state index contributed by atoms with van der Waals surface area (Å²) in [5.74, 6) is 13.2. The number of carbonyl (C=O) groups is 1. The fourth-order valence-electron chi connectivity index (χ4n) is 15.8. The van der Waals surface area contributed by atoms with Crippen LogP contribution >= 0.6 is 0 Å². The second-order valence-corrected chi connectivity index (χ2v) is 28.9. The lowest BCUT2D eigenvalue weighted by Crippen LogP contribution is -2.47. The molecule has 5 heteroatoms. The molecule has 7 saturated carbocycles. The fraction of sp³-hybridized carbons (Fsp3) is 0.985. The van der Waals surface area contributed by atoms with Crippen LogP contribution in [0.1, 0.15) is 301 Å². The van der Waals surface area contributed by atoms with Crippen molar-refractivity contribution in [3.63, 3.8) is 0 Å². The normalized spacial score (nSPS) is 38.0. The van der Waals surface area contributed by atoms with Crippen LogP contribution in [-0.2, 0) is 9.53 Å². The molecule has 12 aliphatic rings. The van der Waals surface area contributed by atoms with E-state index in [0.29, 0.717) is 11.7 Å². The predicted octanol–water partition coefficient (Wildman–Crippen LogP) is 18.8. The maximum absolute atomic E-state index is 10.5. The third-order valence-corrected chi connectivity index (χ3v) is 19.8. The van der Waals surface area contributed by atoms with Crippen molar-refractivity contribution in [2.45, 2.75) is 325 Å². The molecule has 0 amide bonds. The van der Waals surface area contributed by atoms with Gasteiger partial charge in [-0.15, -0.1) is 0 Å². The van der Waals surface area contributed by atoms with E-state index in [4.69, 9.17) is 4.74 Å². The molecule has 0 spiro atoms. The standard InChI is InChI=1S/C9H17N.C9H16O.C9H16.C8H17N.C7H15N.2C7H14.C6H10O.C6H12/c1-7-5-8-3-2-4-9(6-7)10-8;1-7-2-8-4-9(3-7)6-10-5-8;1-7-4-8-2-3-9(5-7)6-8;1-6-4-7(2)9-8(3)5-6;1-7-3-2-5-8-6-4-7;2*1-7-5-3-2-4-6-7;1-5-2-3-6(7)4-5;1-6-4-2-3-5-6/h7-10H,2-6H2,1H3;7-9H,2-6H2,1H3;7-9H,2-6H2,1H3;6-9H,4-5H2,1-3H3;7-8H,2-6H2,1H3;2*7H,2-6H2,1H3;5H,2-4H2,1H3;6H,2-5H2,1H3. The molecule has 5 aliphatic heterocycles. The first-order valence-corrected chi connectivity index (χ1v) is 33.4. The number of carbonyl (C=O) groups excluding carboxylic acids is 1. The second kappa shape index (κ2) is 38.2. The maximum atomic E-state index is 10.5. The largest absolute Gasteiger partial charge is 0.381 e. The molecular formula is C68H131N3O2. The van der Waals surface area contributed by atoms with Crippen molar-refractivity contribution in [1.29, 1.82) is 0 Å². The van der Waals surface area contributed by atoms with E-state index in [-0.39, 0.29) is 0 Å². The van der Waals surface area contributed by atoms with E-state index in [1.54, 1.807) is 19.3 Å². The second-order valence-electron chi connectivity index (χ2n) is 28.9. The van der Waals surface area contributed by atoms with Crippen LogP contribution in [0.2, 0.25) is 0 Å². The van der Waals surface area contributed by atoms with Gasteiger partial charge < -0.3 is 20.7 Å². The van der Waals surface area contributed by atoms with Crippen molar-refractivity contribution in [2.24, 2.45) is 76.9 Å². The van der Waals surface area contributed by atoms with Gasteiger partial charge in [0.15, 0.2) is 0 Å². The summed E-state index contributed by atoms with van der Waals surface area (Å²) in [5, 5.41) is 10.6. The lowest BCUT2D eigenvalue weighted by Gasteiger charge is -2.39. The molecule has 0 aromatic heterocycles. The number of nitrogens with one attached hydrogen (secondary N) is 3. The quantitative estimate of drug-likeness (QED) is 0.226. The maximum Gasteiger partial charge on any atom is 0.133 e. The summed E-state index contributed by atoms with van der Waals surface area (Å²) in [4.78, 5) is 10.5. The van der Waals surface area contributed by atoms with E-state index in [1.165, 1.54) is 199 Å². The summed E-state index contributed by atoms with van der Waals surface area (Å²) in [6.45, 7) is 30.2. The van der Waals surface area contributed by atoms with Gasteiger partial charge in [-0.1, -0.05) is 171 Å². The number of hydrogen-bond donors (Lipinski definition) is 3. The van der Waals surface area contributed by atoms with Gasteiger partial charge in [0.2, 0.25) is 0 Å². The molecule has 7 aliphatic carbocycles. The van der Waals surface area contributed by atoms with Crippen LogP contribution in [0.25, 0.3) is 0 Å². The van der Waals surface area contributed by atoms with E-state index in [9.17, 15) is 4.79 Å². The molecule has 0 aromatic carbocycles. The molecule has 0 radical (unpaired) electrons. The minimum atomic E-state index is 0.451. The Morgan fingerprint density at radius 1 is 0.329 bits per heavy atom. The number of rotatable bonds is 0. The molecule has 73 heavy (non-hydrogen) atoms. The Morgan fingerprint density at radius 2 is 0.740 bits per heavy atom. The molecule has 12 fully saturated rings. The molecule has 5 saturated heterocycles. The predicted molar refractivity (Wildman–Crippen MR) is 319 cm³/mol. The van der Waals surface area contributed by atoms with Crippen LogP contribution in [0.3, 0.4) is 0 Å². The molecule has 10 unspecified atom stereocenters. The van der Waals surface area contributed by atoms with Crippen LogP contribution < -0.4 is 16.0 Å². The first-order valence-electron chi connectivity index (χ1n) is 33.4. The van der Waals surface area contributed by atoms with Gasteiger partial charge in [0.05, 0.1) is 0 Å². The van der Waals surface area contributed by atoms with Crippen molar-refractivity contribution >= 4 is 5.78 Å². The smallest absolute Gasteiger partial charge is 0.133 e. The van der Waals surface area contributed by atoms with Gasteiger partial charge in [-0.2, -0.15) is 0 Å². The Balaban J connectivity index is 0.000000179. The van der Waals surface area contributed by atoms with Crippen LogP contribution in [0, 0.1) is 76.9 Å². The van der Waals surface area contributed by atoms with Gasteiger partial charge in [-0.25, -0.2) is 0 Å². The summed E-state index contributed by atoms with van der Waals surface area (Å²) in [7, 11) is 0. The highest BCUT2D eigenvalue weighted by molar-refractivity contribution is 5.80. The first-order chi connectivity index (χ1) is 35.1. The van der Waals surface area contributed by atoms with Crippen LogP contribution in [0.15, 0.2) is 0 Å². The molecule has 10 atom stereocenters. The van der Waals surface area contributed by atoms with Gasteiger partial charge >= 0.3 is 0 Å². The third-order valence-electron chi connectivity index (χ3n) is 19.8. The minimum absolute atomic E-state index is 0.451. The Morgan fingerprint density at radius 3 is 1.14 bits per heavy atom. The number of Topliss-reactive ketones (excluding diaryl/α,β-unsaturated/α-hetero) is 1. The van der Waals surface area contributed by atoms with E-state index in [2.05, 4.69) is 92.1 Å². The average molecular weight is 1020 g/mol. The molecule has 6 bridgehead atoms. The Kier molecular flexibility index (Phi) is 34.0. The molecule has 430 valence electrons. The zero-order valence-corrected chi connectivity index (χ0v) is 51.2. The van der Waals surface area contributed by atoms with Crippen LogP contribution in [0.5, 0.6) is 0 Å². The SMILES string of the molecule is CC1CC(C)NC(C)C1.CC1CC2CCC(C1)C2.CC1CC2CCCC(C1)N2.CC1CC2COCC(C1)C2.CC1CCC(=O)C1.CC1CCCC1.CC1CCCCC1.CC1CCCCC1.CC1CCCNCC1. The topological polar surface area (TPSA) is 62.4 Å². The first kappa shape index (κ1) is 65.0. The van der Waals surface area contributed by atoms with E-state index in [1.807, 2.05) is 0 Å². The summed E-state index contributed by atoms with van der Waals surface area (Å²) in [6, 6.07) is 3.23. The van der Waals surface area contributed by atoms with Gasteiger partial charge in [0.25, 0.3) is 0 Å². The highest BCUT2D eigenvalue weighted by atomic mass is 16.5. The highest BCUT2D eigenvalue weighted by Crippen LogP contribution is 2.44. The lowest BCUT2D eigenvalue weighted by molar-refractivity contribution is -0.117. The van der Waals surface area contributed by atoms with Gasteiger partial charge in [-0.05, 0) is 207 Å². The monoisotopic (exact) mass is 1020 g/mol. The van der Waals surface area contributed by atoms with Crippen LogP contribution in [0.4, 0.5) is 0 Å². The molecule has 5 nitrogen and oxygen atoms in total. The molecular weight excluding hydrogens is 891 g/mol. The minimum Gasteiger partial charge on any atom is -0.381 e. The van der Waals surface area contributed by atoms with Crippen molar-refractivity contribution in [3.05, 3.63) is 0 Å². The van der Waals surface area contributed by atoms with Gasteiger partial charge in [0, 0.05) is 50.2 Å². The lowest BCUT2D eigenvalue weighted by atomic mass is 9.75. The Bertz CT molecular complexity index is 1210. The Labute approximate surface area is 457 Å². The van der Waals surface area contributed by atoms with Crippen LogP contribution in [-0.4, -0.2) is 56.3 Å².